The fourth-order valence-electron chi connectivity index (χ4n) is 2.69. The van der Waals surface area contributed by atoms with Gasteiger partial charge in [0, 0.05) is 4.47 Å². The highest BCUT2D eigenvalue weighted by Crippen LogP contribution is 2.27. The van der Waals surface area contributed by atoms with Crippen LogP contribution < -0.4 is 4.74 Å². The second-order valence-electron chi connectivity index (χ2n) is 5.41. The van der Waals surface area contributed by atoms with Gasteiger partial charge in [0.2, 0.25) is 0 Å². The third-order valence-electron chi connectivity index (χ3n) is 4.01. The molecule has 9 heteroatoms. The number of hydrogen-bond acceptors (Lipinski definition) is 5. The first kappa shape index (κ1) is 16.4. The summed E-state index contributed by atoms with van der Waals surface area (Å²) in [5.74, 6) is 0.244. The Morgan fingerprint density at radius 3 is 2.79 bits per heavy atom. The zero-order valence-corrected chi connectivity index (χ0v) is 14.6. The van der Waals surface area contributed by atoms with Crippen LogP contribution in [0, 0.1) is 6.92 Å². The Labute approximate surface area is 146 Å². The second kappa shape index (κ2) is 6.23. The van der Waals surface area contributed by atoms with E-state index in [0.29, 0.717) is 27.4 Å². The maximum atomic E-state index is 12.9. The van der Waals surface area contributed by atoms with Gasteiger partial charge in [-0.1, -0.05) is 0 Å². The van der Waals surface area contributed by atoms with Crippen LogP contribution in [-0.4, -0.2) is 49.8 Å². The number of nitrogens with zero attached hydrogens (tertiary/aromatic N) is 4. The van der Waals surface area contributed by atoms with E-state index in [1.54, 1.807) is 29.7 Å². The fraction of sp³-hybridized carbons (Fsp3) is 0.333. The largest absolute Gasteiger partial charge is 0.497 e. The number of fused-ring (bicyclic) bond motifs is 1. The summed E-state index contributed by atoms with van der Waals surface area (Å²) in [5.41, 5.74) is 0.338. The summed E-state index contributed by atoms with van der Waals surface area (Å²) in [6, 6.07) is 4.00. The van der Waals surface area contributed by atoms with Gasteiger partial charge >= 0.3 is 5.97 Å². The van der Waals surface area contributed by atoms with E-state index in [-0.39, 0.29) is 13.1 Å². The SMILES string of the molecule is COc1ccc(Br)c(C(=O)N2Cc3nnc(C)n3CC2C(=O)O)c1. The number of ether oxygens (including phenoxy) is 1. The highest BCUT2D eigenvalue weighted by atomic mass is 79.9. The topological polar surface area (TPSA) is 97.5 Å². The highest BCUT2D eigenvalue weighted by Gasteiger charge is 2.37. The number of benzene rings is 1. The lowest BCUT2D eigenvalue weighted by Crippen LogP contribution is -2.50. The Kier molecular flexibility index (Phi) is 4.27. The monoisotopic (exact) mass is 394 g/mol. The Hall–Kier alpha value is -2.42. The number of carboxylic acids is 1. The number of aliphatic carboxylic acids is 1. The molecule has 1 amide bonds. The molecule has 1 aliphatic heterocycles. The van der Waals surface area contributed by atoms with Gasteiger partial charge in [-0.15, -0.1) is 10.2 Å². The summed E-state index contributed by atoms with van der Waals surface area (Å²) >= 11 is 3.34. The molecule has 3 rings (SSSR count). The number of amides is 1. The number of aromatic nitrogens is 3. The van der Waals surface area contributed by atoms with Gasteiger partial charge in [-0.2, -0.15) is 0 Å². The average molecular weight is 395 g/mol. The number of carbonyl (C=O) groups excluding carboxylic acids is 1. The van der Waals surface area contributed by atoms with Crippen molar-refractivity contribution in [2.75, 3.05) is 7.11 Å². The Morgan fingerprint density at radius 1 is 1.38 bits per heavy atom. The van der Waals surface area contributed by atoms with Crippen molar-refractivity contribution in [2.24, 2.45) is 0 Å². The van der Waals surface area contributed by atoms with Crippen molar-refractivity contribution in [1.29, 1.82) is 0 Å². The molecule has 1 unspecified atom stereocenters. The number of hydrogen-bond donors (Lipinski definition) is 1. The van der Waals surface area contributed by atoms with Crippen LogP contribution in [0.1, 0.15) is 22.0 Å². The molecule has 1 N–H and O–H groups in total. The van der Waals surface area contributed by atoms with Crippen LogP contribution in [0.15, 0.2) is 22.7 Å². The van der Waals surface area contributed by atoms with Crippen LogP contribution in [0.4, 0.5) is 0 Å². The van der Waals surface area contributed by atoms with Gasteiger partial charge in [0.15, 0.2) is 5.82 Å². The molecule has 2 aromatic rings. The summed E-state index contributed by atoms with van der Waals surface area (Å²) in [7, 11) is 1.50. The molecule has 1 aromatic carbocycles. The van der Waals surface area contributed by atoms with Gasteiger partial charge in [-0.3, -0.25) is 4.79 Å². The molecular weight excluding hydrogens is 380 g/mol. The Morgan fingerprint density at radius 2 is 2.12 bits per heavy atom. The number of carboxylic acid groups (broad SMARTS) is 1. The van der Waals surface area contributed by atoms with Gasteiger partial charge in [0.25, 0.3) is 5.91 Å². The zero-order chi connectivity index (χ0) is 17.4. The predicted molar refractivity (Wildman–Crippen MR) is 86.8 cm³/mol. The van der Waals surface area contributed by atoms with E-state index in [1.165, 1.54) is 12.0 Å². The van der Waals surface area contributed by atoms with E-state index in [9.17, 15) is 14.7 Å². The van der Waals surface area contributed by atoms with E-state index in [1.807, 2.05) is 0 Å². The maximum absolute atomic E-state index is 12.9. The number of halogens is 1. The molecular formula is C15H15BrN4O4. The van der Waals surface area contributed by atoms with Crippen molar-refractivity contribution < 1.29 is 19.4 Å². The summed E-state index contributed by atoms with van der Waals surface area (Å²) in [6.45, 7) is 1.96. The maximum Gasteiger partial charge on any atom is 0.328 e. The summed E-state index contributed by atoms with van der Waals surface area (Å²) in [4.78, 5) is 25.9. The molecule has 0 saturated heterocycles. The number of carbonyl (C=O) groups is 2. The minimum Gasteiger partial charge on any atom is -0.497 e. The number of aryl methyl sites for hydroxylation is 1. The smallest absolute Gasteiger partial charge is 0.328 e. The molecule has 0 saturated carbocycles. The van der Waals surface area contributed by atoms with Gasteiger partial charge in [0.1, 0.15) is 17.6 Å². The van der Waals surface area contributed by atoms with E-state index < -0.39 is 17.9 Å². The third-order valence-corrected chi connectivity index (χ3v) is 4.70. The molecule has 0 aliphatic carbocycles. The minimum atomic E-state index is -1.07. The van der Waals surface area contributed by atoms with Crippen molar-refractivity contribution in [2.45, 2.75) is 26.1 Å². The first-order valence-corrected chi connectivity index (χ1v) is 7.97. The Bertz CT molecular complexity index is 820. The molecule has 0 bridgehead atoms. The molecule has 1 aromatic heterocycles. The molecule has 0 spiro atoms. The molecule has 8 nitrogen and oxygen atoms in total. The molecule has 1 aliphatic rings. The lowest BCUT2D eigenvalue weighted by atomic mass is 10.1. The van der Waals surface area contributed by atoms with Crippen LogP contribution in [0.3, 0.4) is 0 Å². The zero-order valence-electron chi connectivity index (χ0n) is 13.1. The van der Waals surface area contributed by atoms with Crippen molar-refractivity contribution in [3.05, 3.63) is 39.9 Å². The summed E-state index contributed by atoms with van der Waals surface area (Å²) < 4.78 is 7.44. The van der Waals surface area contributed by atoms with Gasteiger partial charge < -0.3 is 19.3 Å². The quantitative estimate of drug-likeness (QED) is 0.846. The highest BCUT2D eigenvalue weighted by molar-refractivity contribution is 9.10. The number of methoxy groups -OCH3 is 1. The minimum absolute atomic E-state index is 0.0836. The molecule has 1 atom stereocenters. The van der Waals surface area contributed by atoms with Gasteiger partial charge in [0.05, 0.1) is 25.8 Å². The standard InChI is InChI=1S/C15H15BrN4O4/c1-8-17-18-13-7-20(12(15(22)23)6-19(8)13)14(21)10-5-9(24-2)3-4-11(10)16/h3-5,12H,6-7H2,1-2H3,(H,22,23). The lowest BCUT2D eigenvalue weighted by molar-refractivity contribution is -0.143. The van der Waals surface area contributed by atoms with Crippen molar-refractivity contribution >= 4 is 27.8 Å². The van der Waals surface area contributed by atoms with Crippen LogP contribution >= 0.6 is 15.9 Å². The van der Waals surface area contributed by atoms with E-state index in [4.69, 9.17) is 4.74 Å². The van der Waals surface area contributed by atoms with Crippen LogP contribution in [0.5, 0.6) is 5.75 Å². The van der Waals surface area contributed by atoms with Crippen molar-refractivity contribution in [3.63, 3.8) is 0 Å². The second-order valence-corrected chi connectivity index (χ2v) is 6.26. The first-order chi connectivity index (χ1) is 11.4. The molecule has 24 heavy (non-hydrogen) atoms. The van der Waals surface area contributed by atoms with Crippen LogP contribution in [0.2, 0.25) is 0 Å². The van der Waals surface area contributed by atoms with E-state index >= 15 is 0 Å². The van der Waals surface area contributed by atoms with Crippen molar-refractivity contribution in [3.8, 4) is 5.75 Å². The third kappa shape index (κ3) is 2.75. The van der Waals surface area contributed by atoms with Gasteiger partial charge in [-0.25, -0.2) is 4.79 Å². The summed E-state index contributed by atoms with van der Waals surface area (Å²) in [6.07, 6.45) is 0. The molecule has 2 heterocycles. The Balaban J connectivity index is 2.00. The molecule has 126 valence electrons. The lowest BCUT2D eigenvalue weighted by Gasteiger charge is -2.33. The predicted octanol–water partition coefficient (Wildman–Crippen LogP) is 1.47. The van der Waals surface area contributed by atoms with E-state index in [0.717, 1.165) is 0 Å². The van der Waals surface area contributed by atoms with Gasteiger partial charge in [-0.05, 0) is 41.1 Å². The molecule has 0 radical (unpaired) electrons. The first-order valence-electron chi connectivity index (χ1n) is 7.18. The van der Waals surface area contributed by atoms with E-state index in [2.05, 4.69) is 26.1 Å². The fourth-order valence-corrected chi connectivity index (χ4v) is 3.10. The summed E-state index contributed by atoms with van der Waals surface area (Å²) in [5, 5.41) is 17.5. The normalized spacial score (nSPS) is 16.6. The van der Waals surface area contributed by atoms with Crippen molar-refractivity contribution in [1.82, 2.24) is 19.7 Å². The number of rotatable bonds is 3. The average Bonchev–Trinajstić information content (AvgIpc) is 2.94. The molecule has 0 fully saturated rings. The van der Waals surface area contributed by atoms with Crippen LogP contribution in [-0.2, 0) is 17.9 Å². The van der Waals surface area contributed by atoms with Crippen LogP contribution in [0.25, 0.3) is 0 Å².